The van der Waals surface area contributed by atoms with Crippen molar-refractivity contribution in [2.45, 2.75) is 19.9 Å². The van der Waals surface area contributed by atoms with Crippen LogP contribution in [0.4, 0.5) is 0 Å². The van der Waals surface area contributed by atoms with E-state index >= 15 is 0 Å². The van der Waals surface area contributed by atoms with Crippen LogP contribution in [0.5, 0.6) is 5.75 Å². The molecule has 5 nitrogen and oxygen atoms in total. The summed E-state index contributed by atoms with van der Waals surface area (Å²) in [6, 6.07) is 16.0. The Hall–Kier alpha value is -2.50. The molecule has 1 aromatic heterocycles. The van der Waals surface area contributed by atoms with E-state index in [1.54, 1.807) is 7.11 Å². The number of hydrogen-bond donors (Lipinski definition) is 0. The van der Waals surface area contributed by atoms with Gasteiger partial charge < -0.3 is 31.3 Å². The van der Waals surface area contributed by atoms with Crippen molar-refractivity contribution in [3.63, 3.8) is 0 Å². The van der Waals surface area contributed by atoms with Crippen molar-refractivity contribution in [1.82, 2.24) is 9.47 Å². The van der Waals surface area contributed by atoms with Crippen molar-refractivity contribution >= 4 is 16.9 Å². The van der Waals surface area contributed by atoms with Crippen LogP contribution in [0.15, 0.2) is 48.5 Å². The van der Waals surface area contributed by atoms with Crippen LogP contribution in [0.2, 0.25) is 0 Å². The molecule has 1 heterocycles. The monoisotopic (exact) mass is 415 g/mol. The molecular weight excluding hydrogens is 388 g/mol. The lowest BCUT2D eigenvalue weighted by Gasteiger charge is -2.14. The van der Waals surface area contributed by atoms with E-state index in [0.29, 0.717) is 12.3 Å². The molecule has 156 valence electrons. The van der Waals surface area contributed by atoms with E-state index in [4.69, 9.17) is 9.47 Å². The summed E-state index contributed by atoms with van der Waals surface area (Å²) in [6.07, 6.45) is 0.934. The number of carbonyl (C=O) groups is 1. The minimum absolute atomic E-state index is 0. The van der Waals surface area contributed by atoms with E-state index in [1.807, 2.05) is 55.5 Å². The van der Waals surface area contributed by atoms with Crippen LogP contribution < -0.4 is 17.1 Å². The van der Waals surface area contributed by atoms with Gasteiger partial charge in [-0.25, -0.2) is 4.79 Å². The average molecular weight is 416 g/mol. The zero-order valence-corrected chi connectivity index (χ0v) is 18.2. The van der Waals surface area contributed by atoms with Crippen molar-refractivity contribution in [3.05, 3.63) is 54.2 Å². The Morgan fingerprint density at radius 3 is 2.45 bits per heavy atom. The van der Waals surface area contributed by atoms with E-state index in [1.165, 1.54) is 0 Å². The number of aromatic nitrogens is 1. The molecule has 0 N–H and O–H groups in total. The van der Waals surface area contributed by atoms with E-state index < -0.39 is 0 Å². The molecule has 0 aliphatic heterocycles. The highest BCUT2D eigenvalue weighted by molar-refractivity contribution is 6.09. The number of carbonyl (C=O) groups excluding carboxylic acids is 1. The number of benzene rings is 2. The Balaban J connectivity index is 0.00000300. The number of aryl methyl sites for hydroxylation is 1. The van der Waals surface area contributed by atoms with Gasteiger partial charge in [-0.2, -0.15) is 0 Å². The molecule has 29 heavy (non-hydrogen) atoms. The second-order valence-corrected chi connectivity index (χ2v) is 7.00. The van der Waals surface area contributed by atoms with Crippen molar-refractivity contribution < 1.29 is 26.7 Å². The number of nitrogens with zero attached hydrogens (tertiary/aromatic N) is 2. The Kier molecular flexibility index (Phi) is 8.11. The first-order chi connectivity index (χ1) is 13.6. The lowest BCUT2D eigenvalue weighted by Crippen LogP contribution is -3.00. The second-order valence-electron chi connectivity index (χ2n) is 7.00. The first-order valence-electron chi connectivity index (χ1n) is 9.64. The maximum Gasteiger partial charge on any atom is 0.355 e. The predicted molar refractivity (Wildman–Crippen MR) is 113 cm³/mol. The van der Waals surface area contributed by atoms with Crippen LogP contribution in [0.25, 0.3) is 22.0 Å². The number of ether oxygens (including phenoxy) is 2. The summed E-state index contributed by atoms with van der Waals surface area (Å²) >= 11 is 0. The van der Waals surface area contributed by atoms with Gasteiger partial charge in [0.05, 0.1) is 13.7 Å². The third-order valence-electron chi connectivity index (χ3n) is 4.79. The van der Waals surface area contributed by atoms with Gasteiger partial charge in [-0.05, 0) is 57.7 Å². The first-order valence-corrected chi connectivity index (χ1v) is 9.64. The average Bonchev–Trinajstić information content (AvgIpc) is 3.02. The van der Waals surface area contributed by atoms with Crippen molar-refractivity contribution in [1.29, 1.82) is 0 Å². The Morgan fingerprint density at radius 1 is 1.10 bits per heavy atom. The maximum absolute atomic E-state index is 13.0. The third-order valence-corrected chi connectivity index (χ3v) is 4.79. The van der Waals surface area contributed by atoms with Gasteiger partial charge in [0, 0.05) is 23.0 Å². The summed E-state index contributed by atoms with van der Waals surface area (Å²) in [6.45, 7) is 3.86. The Morgan fingerprint density at radius 2 is 1.83 bits per heavy atom. The standard InChI is InChI=1S/C23H28N2O3.ClH/c1-5-28-23(26)22-21(17-10-7-6-8-11-17)19-16-18(27-4)12-13-20(19)25(22)15-9-14-24(2)3;/h6-8,10-13,16H,5,9,14-15H2,1-4H3;1H/p-1. The third kappa shape index (κ3) is 4.92. The molecule has 6 heteroatoms. The van der Waals surface area contributed by atoms with Crippen LogP contribution in [0.1, 0.15) is 23.8 Å². The summed E-state index contributed by atoms with van der Waals surface area (Å²) in [4.78, 5) is 15.1. The van der Waals surface area contributed by atoms with Gasteiger partial charge in [0.15, 0.2) is 0 Å². The van der Waals surface area contributed by atoms with Gasteiger partial charge in [-0.1, -0.05) is 30.3 Å². The molecule has 0 saturated carbocycles. The van der Waals surface area contributed by atoms with Crippen LogP contribution in [0, 0.1) is 0 Å². The van der Waals surface area contributed by atoms with Gasteiger partial charge in [-0.15, -0.1) is 0 Å². The van der Waals surface area contributed by atoms with Gasteiger partial charge in [-0.3, -0.25) is 0 Å². The van der Waals surface area contributed by atoms with Crippen LogP contribution >= 0.6 is 0 Å². The van der Waals surface area contributed by atoms with E-state index in [2.05, 4.69) is 23.6 Å². The summed E-state index contributed by atoms with van der Waals surface area (Å²) in [5.41, 5.74) is 3.52. The second kappa shape index (κ2) is 10.3. The summed E-state index contributed by atoms with van der Waals surface area (Å²) in [5.74, 6) is 0.479. The number of esters is 1. The lowest BCUT2D eigenvalue weighted by molar-refractivity contribution is -0.0000244. The largest absolute Gasteiger partial charge is 1.00 e. The fourth-order valence-electron chi connectivity index (χ4n) is 3.55. The molecular formula is C23H28ClN2O3-. The molecule has 0 radical (unpaired) electrons. The quantitative estimate of drug-likeness (QED) is 0.522. The number of fused-ring (bicyclic) bond motifs is 1. The molecule has 3 aromatic rings. The maximum atomic E-state index is 13.0. The Labute approximate surface area is 178 Å². The summed E-state index contributed by atoms with van der Waals surface area (Å²) in [7, 11) is 5.77. The van der Waals surface area contributed by atoms with Gasteiger partial charge in [0.1, 0.15) is 11.4 Å². The van der Waals surface area contributed by atoms with E-state index in [-0.39, 0.29) is 18.4 Å². The van der Waals surface area contributed by atoms with Gasteiger partial charge in [0.2, 0.25) is 0 Å². The van der Waals surface area contributed by atoms with Crippen LogP contribution in [0.3, 0.4) is 0 Å². The predicted octanol–water partition coefficient (Wildman–Crippen LogP) is 1.45. The molecule has 2 aromatic carbocycles. The number of rotatable bonds is 8. The summed E-state index contributed by atoms with van der Waals surface area (Å²) < 4.78 is 13.0. The number of halogens is 1. The molecule has 0 fully saturated rings. The highest BCUT2D eigenvalue weighted by atomic mass is 35.5. The molecule has 0 unspecified atom stereocenters. The highest BCUT2D eigenvalue weighted by Gasteiger charge is 2.25. The molecule has 0 spiro atoms. The van der Waals surface area contributed by atoms with Gasteiger partial charge >= 0.3 is 5.97 Å². The molecule has 0 aliphatic rings. The van der Waals surface area contributed by atoms with Gasteiger partial charge in [0.25, 0.3) is 0 Å². The molecule has 3 rings (SSSR count). The van der Waals surface area contributed by atoms with Crippen molar-refractivity contribution in [2.75, 3.05) is 34.4 Å². The van der Waals surface area contributed by atoms with Crippen molar-refractivity contribution in [3.8, 4) is 16.9 Å². The van der Waals surface area contributed by atoms with E-state index in [0.717, 1.165) is 47.3 Å². The fraction of sp³-hybridized carbons (Fsp3) is 0.348. The normalized spacial score (nSPS) is 10.8. The highest BCUT2D eigenvalue weighted by Crippen LogP contribution is 2.37. The minimum atomic E-state index is -0.290. The zero-order chi connectivity index (χ0) is 20.1. The first kappa shape index (κ1) is 22.8. The minimum Gasteiger partial charge on any atom is -1.00 e. The van der Waals surface area contributed by atoms with Crippen molar-refractivity contribution in [2.24, 2.45) is 0 Å². The topological polar surface area (TPSA) is 43.7 Å². The molecule has 0 atom stereocenters. The SMILES string of the molecule is CCOC(=O)c1c(-c2ccccc2)c2cc(OC)ccc2n1CCCN(C)C.[Cl-]. The molecule has 0 aliphatic carbocycles. The molecule has 0 saturated heterocycles. The van der Waals surface area contributed by atoms with Crippen LogP contribution in [-0.2, 0) is 11.3 Å². The zero-order valence-electron chi connectivity index (χ0n) is 17.4. The molecule has 0 bridgehead atoms. The summed E-state index contributed by atoms with van der Waals surface area (Å²) in [5, 5.41) is 0.999. The van der Waals surface area contributed by atoms with E-state index in [9.17, 15) is 4.79 Å². The smallest absolute Gasteiger partial charge is 0.355 e. The number of methoxy groups -OCH3 is 1. The number of hydrogen-bond acceptors (Lipinski definition) is 4. The van der Waals surface area contributed by atoms with Crippen LogP contribution in [-0.4, -0.2) is 49.8 Å². The fourth-order valence-corrected chi connectivity index (χ4v) is 3.55. The molecule has 0 amide bonds. The lowest BCUT2D eigenvalue weighted by atomic mass is 10.0. The Bertz CT molecular complexity index is 952.